The molecule has 6 fully saturated rings. The highest BCUT2D eigenvalue weighted by molar-refractivity contribution is 5.95. The third-order valence-electron chi connectivity index (χ3n) is 7.27. The summed E-state index contributed by atoms with van der Waals surface area (Å²) in [6.07, 6.45) is 2.35. The molecule has 18 heavy (non-hydrogen) atoms. The summed E-state index contributed by atoms with van der Waals surface area (Å²) in [6.45, 7) is 0. The summed E-state index contributed by atoms with van der Waals surface area (Å²) in [5.74, 6) is 2.61. The summed E-state index contributed by atoms with van der Waals surface area (Å²) in [7, 11) is 2.95. The van der Waals surface area contributed by atoms with Gasteiger partial charge in [-0.05, 0) is 48.3 Å². The van der Waals surface area contributed by atoms with E-state index < -0.39 is 0 Å². The minimum absolute atomic E-state index is 0.0545. The second-order valence-electron chi connectivity index (χ2n) is 6.76. The van der Waals surface area contributed by atoms with Gasteiger partial charge in [-0.1, -0.05) is 0 Å². The first-order valence-corrected chi connectivity index (χ1v) is 6.85. The van der Waals surface area contributed by atoms with Crippen LogP contribution in [0.5, 0.6) is 0 Å². The lowest BCUT2D eigenvalue weighted by molar-refractivity contribution is -0.532. The van der Waals surface area contributed by atoms with Crippen LogP contribution in [-0.4, -0.2) is 26.2 Å². The zero-order chi connectivity index (χ0) is 12.4. The average Bonchev–Trinajstić information content (AvgIpc) is 2.36. The summed E-state index contributed by atoms with van der Waals surface area (Å²) in [5.41, 5.74) is -0.555. The van der Waals surface area contributed by atoms with Crippen LogP contribution in [0.3, 0.4) is 0 Å². The average molecular weight is 248 g/mol. The van der Waals surface area contributed by atoms with Crippen molar-refractivity contribution in [1.29, 1.82) is 0 Å². The lowest BCUT2D eigenvalue weighted by Gasteiger charge is -2.99. The largest absolute Gasteiger partial charge is 0.469 e. The number of rotatable bonds is 2. The summed E-state index contributed by atoms with van der Waals surface area (Å²) in [5, 5.41) is 0. The maximum absolute atomic E-state index is 12.2. The van der Waals surface area contributed by atoms with Gasteiger partial charge in [-0.3, -0.25) is 9.59 Å². The molecule has 0 aliphatic heterocycles. The molecule has 0 amide bonds. The predicted molar refractivity (Wildman–Crippen MR) is 59.1 cm³/mol. The van der Waals surface area contributed by atoms with Crippen LogP contribution in [0.1, 0.15) is 12.8 Å². The molecule has 0 N–H and O–H groups in total. The molecule has 6 aliphatic carbocycles. The molecule has 96 valence electrons. The van der Waals surface area contributed by atoms with E-state index in [0.29, 0.717) is 23.7 Å². The number of hydrogen-bond donors (Lipinski definition) is 0. The minimum atomic E-state index is -0.286. The van der Waals surface area contributed by atoms with Gasteiger partial charge in [0.1, 0.15) is 0 Å². The Morgan fingerprint density at radius 3 is 2.28 bits per heavy atom. The Bertz CT molecular complexity index is 510. The van der Waals surface area contributed by atoms with Crippen molar-refractivity contribution in [2.24, 2.45) is 46.3 Å². The van der Waals surface area contributed by atoms with Crippen LogP contribution >= 0.6 is 0 Å². The molecule has 0 unspecified atom stereocenters. The van der Waals surface area contributed by atoms with Gasteiger partial charge in [0.15, 0.2) is 0 Å². The van der Waals surface area contributed by atoms with Gasteiger partial charge in [0, 0.05) is 0 Å². The topological polar surface area (TPSA) is 52.6 Å². The van der Waals surface area contributed by atoms with Crippen molar-refractivity contribution in [1.82, 2.24) is 0 Å². The molecule has 0 radical (unpaired) electrons. The van der Waals surface area contributed by atoms with Crippen molar-refractivity contribution in [2.45, 2.75) is 12.8 Å². The number of carbonyl (C=O) groups is 2. The molecule has 0 aromatic heterocycles. The second-order valence-corrected chi connectivity index (χ2v) is 6.76. The van der Waals surface area contributed by atoms with Crippen molar-refractivity contribution in [3.63, 3.8) is 0 Å². The Hall–Kier alpha value is -1.06. The molecule has 6 rings (SSSR count). The van der Waals surface area contributed by atoms with Gasteiger partial charge in [0.25, 0.3) is 0 Å². The van der Waals surface area contributed by atoms with E-state index in [0.717, 1.165) is 6.42 Å². The number of ether oxygens (including phenoxy) is 2. The van der Waals surface area contributed by atoms with E-state index in [1.54, 1.807) is 0 Å². The summed E-state index contributed by atoms with van der Waals surface area (Å²) in [6, 6.07) is 0. The molecule has 4 heteroatoms. The van der Waals surface area contributed by atoms with Gasteiger partial charge >= 0.3 is 11.9 Å². The maximum Gasteiger partial charge on any atom is 0.312 e. The van der Waals surface area contributed by atoms with Gasteiger partial charge in [0.2, 0.25) is 0 Å². The van der Waals surface area contributed by atoms with Crippen molar-refractivity contribution in [2.75, 3.05) is 14.2 Å². The molecule has 2 bridgehead atoms. The van der Waals surface area contributed by atoms with E-state index in [-0.39, 0.29) is 34.6 Å². The minimum Gasteiger partial charge on any atom is -0.469 e. The Kier molecular flexibility index (Phi) is 1.28. The van der Waals surface area contributed by atoms with Crippen LogP contribution in [0.15, 0.2) is 0 Å². The summed E-state index contributed by atoms with van der Waals surface area (Å²) < 4.78 is 10.1. The summed E-state index contributed by atoms with van der Waals surface area (Å²) in [4.78, 5) is 24.4. The Morgan fingerprint density at radius 1 is 1.00 bits per heavy atom. The maximum atomic E-state index is 12.2. The Balaban J connectivity index is 1.64. The lowest BCUT2D eigenvalue weighted by Crippen LogP contribution is -3.02. The molecule has 0 aromatic carbocycles. The highest BCUT2D eigenvalue weighted by Crippen LogP contribution is 3.02. The van der Waals surface area contributed by atoms with E-state index in [2.05, 4.69) is 0 Å². The first-order chi connectivity index (χ1) is 8.68. The van der Waals surface area contributed by atoms with Crippen molar-refractivity contribution >= 4 is 11.9 Å². The zero-order valence-corrected chi connectivity index (χ0v) is 10.5. The van der Waals surface area contributed by atoms with Crippen LogP contribution < -0.4 is 0 Å². The van der Waals surface area contributed by atoms with Crippen LogP contribution in [0.4, 0.5) is 0 Å². The molecular formula is C14H16O4. The fourth-order valence-electron chi connectivity index (χ4n) is 7.42. The molecule has 0 spiro atoms. The van der Waals surface area contributed by atoms with Crippen molar-refractivity contribution in [3.8, 4) is 0 Å². The van der Waals surface area contributed by atoms with Crippen LogP contribution in [-0.2, 0) is 19.1 Å². The SMILES string of the molecule is COC(=O)[C@]12[C@@H]3[C@H]4CC[C@H]5[C@@H]3[C@@H]1[C@@]5(C(=O)OC)[C@H]42. The molecule has 0 saturated heterocycles. The summed E-state index contributed by atoms with van der Waals surface area (Å²) >= 11 is 0. The van der Waals surface area contributed by atoms with E-state index in [9.17, 15) is 9.59 Å². The van der Waals surface area contributed by atoms with Crippen LogP contribution in [0.25, 0.3) is 0 Å². The molecule has 6 saturated carbocycles. The van der Waals surface area contributed by atoms with Gasteiger partial charge in [-0.15, -0.1) is 0 Å². The third kappa shape index (κ3) is 0.503. The molecule has 6 aliphatic rings. The molecule has 4 nitrogen and oxygen atoms in total. The van der Waals surface area contributed by atoms with Gasteiger partial charge in [-0.2, -0.15) is 0 Å². The van der Waals surface area contributed by atoms with Crippen LogP contribution in [0.2, 0.25) is 0 Å². The van der Waals surface area contributed by atoms with Crippen molar-refractivity contribution in [3.05, 3.63) is 0 Å². The van der Waals surface area contributed by atoms with E-state index in [1.807, 2.05) is 0 Å². The molecule has 0 heterocycles. The van der Waals surface area contributed by atoms with E-state index in [1.165, 1.54) is 20.6 Å². The number of esters is 2. The Morgan fingerprint density at radius 2 is 1.67 bits per heavy atom. The fourth-order valence-corrected chi connectivity index (χ4v) is 7.42. The van der Waals surface area contributed by atoms with Gasteiger partial charge in [-0.25, -0.2) is 0 Å². The van der Waals surface area contributed by atoms with Gasteiger partial charge < -0.3 is 9.47 Å². The van der Waals surface area contributed by atoms with Crippen molar-refractivity contribution < 1.29 is 19.1 Å². The first kappa shape index (κ1) is 9.82. The number of carbonyl (C=O) groups excluding carboxylic acids is 2. The predicted octanol–water partition coefficient (Wildman–Crippen LogP) is 0.851. The highest BCUT2D eigenvalue weighted by atomic mass is 16.5. The van der Waals surface area contributed by atoms with E-state index >= 15 is 0 Å². The molecular weight excluding hydrogens is 232 g/mol. The molecule has 8 atom stereocenters. The Labute approximate surface area is 105 Å². The molecule has 0 aromatic rings. The highest BCUT2D eigenvalue weighted by Gasteiger charge is 3.05. The normalized spacial score (nSPS) is 63.4. The number of methoxy groups -OCH3 is 2. The number of hydrogen-bond acceptors (Lipinski definition) is 4. The first-order valence-electron chi connectivity index (χ1n) is 6.85. The zero-order valence-electron chi connectivity index (χ0n) is 10.5. The van der Waals surface area contributed by atoms with Gasteiger partial charge in [0.05, 0.1) is 25.0 Å². The lowest BCUT2D eigenvalue weighted by atomic mass is 9.01. The number of fused-ring (bicyclic) bond motifs is 1. The van der Waals surface area contributed by atoms with Crippen LogP contribution in [0, 0.1) is 46.3 Å². The van der Waals surface area contributed by atoms with E-state index in [4.69, 9.17) is 9.47 Å². The second kappa shape index (κ2) is 2.35. The fraction of sp³-hybridized carbons (Fsp3) is 0.857. The smallest absolute Gasteiger partial charge is 0.312 e. The third-order valence-corrected chi connectivity index (χ3v) is 7.27. The quantitative estimate of drug-likeness (QED) is 0.680. The standard InChI is InChI=1S/C14H16O4/c1-17-11(15)13-6-4-3-5-8-7(6)10(13)14(8,9(5)13)12(16)18-2/h5-10H,3-4H2,1-2H3/t5-,6+,7+,8-,9+,10-,13+,14+/m1/s1. The monoisotopic (exact) mass is 248 g/mol.